The van der Waals surface area contributed by atoms with Crippen molar-refractivity contribution in [1.29, 1.82) is 0 Å². The van der Waals surface area contributed by atoms with Gasteiger partial charge in [-0.2, -0.15) is 0 Å². The Balaban J connectivity index is 1.51. The fraction of sp³-hybridized carbons (Fsp3) is 0.480. The summed E-state index contributed by atoms with van der Waals surface area (Å²) in [6.45, 7) is 0.738. The van der Waals surface area contributed by atoms with Crippen molar-refractivity contribution < 1.29 is 4.79 Å². The summed E-state index contributed by atoms with van der Waals surface area (Å²) in [6, 6.07) is 19.0. The molecule has 28 heavy (non-hydrogen) atoms. The zero-order valence-electron chi connectivity index (χ0n) is 16.9. The first-order valence-corrected chi connectivity index (χ1v) is 11.1. The maximum absolute atomic E-state index is 13.7. The maximum Gasteiger partial charge on any atom is 0.254 e. The molecule has 1 amide bonds. The molecule has 0 aromatic heterocycles. The molecule has 0 saturated heterocycles. The highest BCUT2D eigenvalue weighted by Crippen LogP contribution is 2.55. The molecule has 3 aliphatic rings. The second-order valence-electron chi connectivity index (χ2n) is 9.46. The Labute approximate surface area is 169 Å². The summed E-state index contributed by atoms with van der Waals surface area (Å²) < 4.78 is 0. The van der Waals surface area contributed by atoms with Gasteiger partial charge in [-0.05, 0) is 67.1 Å². The number of nitrogens with zero attached hydrogens (tertiary/aromatic N) is 1. The summed E-state index contributed by atoms with van der Waals surface area (Å²) in [5, 5.41) is 0. The smallest absolute Gasteiger partial charge is 0.254 e. The number of hydrogen-bond donors (Lipinski definition) is 0. The van der Waals surface area contributed by atoms with Crippen molar-refractivity contribution in [3.8, 4) is 0 Å². The number of hydrogen-bond acceptors (Lipinski definition) is 1. The molecule has 5 rings (SSSR count). The first-order valence-electron chi connectivity index (χ1n) is 11.1. The number of carbonyl (C=O) groups is 1. The van der Waals surface area contributed by atoms with Crippen LogP contribution < -0.4 is 5.46 Å². The zero-order valence-corrected chi connectivity index (χ0v) is 16.9. The van der Waals surface area contributed by atoms with Crippen LogP contribution in [0.5, 0.6) is 0 Å². The van der Waals surface area contributed by atoms with Gasteiger partial charge in [-0.3, -0.25) is 4.79 Å². The van der Waals surface area contributed by atoms with Crippen molar-refractivity contribution in [2.45, 2.75) is 51.1 Å². The Bertz CT molecular complexity index is 851. The maximum atomic E-state index is 13.7. The fourth-order valence-corrected chi connectivity index (χ4v) is 6.60. The van der Waals surface area contributed by atoms with Crippen LogP contribution in [0.2, 0.25) is 0 Å². The lowest BCUT2D eigenvalue weighted by molar-refractivity contribution is 0.0337. The van der Waals surface area contributed by atoms with Crippen LogP contribution >= 0.6 is 0 Å². The van der Waals surface area contributed by atoms with E-state index >= 15 is 0 Å². The molecular formula is C25H30BNO. The minimum absolute atomic E-state index is 0.222. The lowest BCUT2D eigenvalue weighted by Crippen LogP contribution is -2.49. The van der Waals surface area contributed by atoms with E-state index in [9.17, 15) is 4.79 Å². The van der Waals surface area contributed by atoms with Crippen LogP contribution in [-0.2, 0) is 6.54 Å². The van der Waals surface area contributed by atoms with Crippen LogP contribution in [0.1, 0.15) is 54.4 Å². The summed E-state index contributed by atoms with van der Waals surface area (Å²) in [7, 11) is 2.14. The molecule has 3 saturated carbocycles. The average Bonchev–Trinajstić information content (AvgIpc) is 2.94. The van der Waals surface area contributed by atoms with Gasteiger partial charge in [0, 0.05) is 18.2 Å². The molecule has 0 N–H and O–H groups in total. The first kappa shape index (κ1) is 18.0. The molecule has 2 aromatic carbocycles. The molecule has 5 atom stereocenters. The molecule has 0 aliphatic heterocycles. The molecule has 3 heteroatoms. The molecule has 0 heterocycles. The first-order chi connectivity index (χ1) is 13.7. The SMILES string of the molecule is Bc1cccc(CN(C(=O)c2ccccc2)C2C3CCCC4CC2CC4C3)c1. The summed E-state index contributed by atoms with van der Waals surface area (Å²) in [4.78, 5) is 16.0. The van der Waals surface area contributed by atoms with Gasteiger partial charge >= 0.3 is 0 Å². The Morgan fingerprint density at radius 3 is 2.46 bits per heavy atom. The van der Waals surface area contributed by atoms with E-state index in [2.05, 4.69) is 37.0 Å². The molecule has 0 radical (unpaired) electrons. The van der Waals surface area contributed by atoms with Gasteiger partial charge in [0.2, 0.25) is 0 Å². The Hall–Kier alpha value is -2.03. The Kier molecular flexibility index (Phi) is 4.78. The highest BCUT2D eigenvalue weighted by atomic mass is 16.2. The van der Waals surface area contributed by atoms with Gasteiger partial charge in [-0.1, -0.05) is 60.8 Å². The van der Waals surface area contributed by atoms with Crippen molar-refractivity contribution in [3.63, 3.8) is 0 Å². The van der Waals surface area contributed by atoms with E-state index in [0.29, 0.717) is 17.9 Å². The molecule has 0 spiro atoms. The van der Waals surface area contributed by atoms with Gasteiger partial charge < -0.3 is 4.90 Å². The lowest BCUT2D eigenvalue weighted by atomic mass is 9.74. The molecular weight excluding hydrogens is 341 g/mol. The van der Waals surface area contributed by atoms with Gasteiger partial charge in [-0.25, -0.2) is 0 Å². The fourth-order valence-electron chi connectivity index (χ4n) is 6.60. The van der Waals surface area contributed by atoms with E-state index in [4.69, 9.17) is 0 Å². The third kappa shape index (κ3) is 3.29. The molecule has 5 unspecified atom stereocenters. The number of amides is 1. The highest BCUT2D eigenvalue weighted by Gasteiger charge is 2.50. The van der Waals surface area contributed by atoms with Gasteiger partial charge in [0.15, 0.2) is 0 Å². The summed E-state index contributed by atoms with van der Waals surface area (Å²) in [6.07, 6.45) is 8.12. The third-order valence-electron chi connectivity index (χ3n) is 7.68. The van der Waals surface area contributed by atoms with E-state index in [1.807, 2.05) is 30.3 Å². The van der Waals surface area contributed by atoms with E-state index in [-0.39, 0.29) is 5.91 Å². The minimum atomic E-state index is 0.222. The topological polar surface area (TPSA) is 20.3 Å². The monoisotopic (exact) mass is 371 g/mol. The molecule has 144 valence electrons. The van der Waals surface area contributed by atoms with E-state index in [1.165, 1.54) is 49.6 Å². The third-order valence-corrected chi connectivity index (χ3v) is 7.68. The van der Waals surface area contributed by atoms with Crippen LogP contribution in [0.25, 0.3) is 0 Å². The van der Waals surface area contributed by atoms with E-state index in [1.54, 1.807) is 0 Å². The second-order valence-corrected chi connectivity index (χ2v) is 9.46. The lowest BCUT2D eigenvalue weighted by Gasteiger charge is -2.44. The van der Waals surface area contributed by atoms with Crippen molar-refractivity contribution in [2.75, 3.05) is 0 Å². The largest absolute Gasteiger partial charge is 0.331 e. The molecule has 3 fully saturated rings. The van der Waals surface area contributed by atoms with Gasteiger partial charge in [0.05, 0.1) is 0 Å². The van der Waals surface area contributed by atoms with Crippen LogP contribution in [0.3, 0.4) is 0 Å². The predicted molar refractivity (Wildman–Crippen MR) is 116 cm³/mol. The summed E-state index contributed by atoms with van der Waals surface area (Å²) in [5.41, 5.74) is 3.37. The average molecular weight is 371 g/mol. The number of rotatable bonds is 4. The van der Waals surface area contributed by atoms with Gasteiger partial charge in [-0.15, -0.1) is 0 Å². The molecule has 3 aliphatic carbocycles. The van der Waals surface area contributed by atoms with Gasteiger partial charge in [0.25, 0.3) is 5.91 Å². The van der Waals surface area contributed by atoms with Gasteiger partial charge in [0.1, 0.15) is 7.85 Å². The van der Waals surface area contributed by atoms with Crippen LogP contribution in [-0.4, -0.2) is 24.7 Å². The predicted octanol–water partition coefficient (Wildman–Crippen LogP) is 3.80. The number of fused-ring (bicyclic) bond motifs is 2. The van der Waals surface area contributed by atoms with Crippen LogP contribution in [0.15, 0.2) is 54.6 Å². The number of carbonyl (C=O) groups excluding carboxylic acids is 1. The quantitative estimate of drug-likeness (QED) is 0.749. The molecule has 3 bridgehead atoms. The molecule has 2 nitrogen and oxygen atoms in total. The zero-order chi connectivity index (χ0) is 19.1. The van der Waals surface area contributed by atoms with Crippen molar-refractivity contribution in [2.24, 2.45) is 23.7 Å². The standard InChI is InChI=1S/C25H30BNO/c26-23-11-4-6-17(12-23)16-27(25(28)18-7-2-1-3-8-18)24-20-10-5-9-19-13-22(24)15-21(19)14-20/h1-4,6-8,11-12,19-22,24H,5,9-10,13-16,26H2. The Morgan fingerprint density at radius 2 is 1.64 bits per heavy atom. The number of benzene rings is 2. The normalized spacial score (nSPS) is 30.8. The van der Waals surface area contributed by atoms with Crippen molar-refractivity contribution in [1.82, 2.24) is 4.90 Å². The van der Waals surface area contributed by atoms with Crippen LogP contribution in [0.4, 0.5) is 0 Å². The van der Waals surface area contributed by atoms with Crippen molar-refractivity contribution >= 4 is 19.2 Å². The van der Waals surface area contributed by atoms with Crippen LogP contribution in [0, 0.1) is 23.7 Å². The molecule has 2 aromatic rings. The van der Waals surface area contributed by atoms with E-state index < -0.39 is 0 Å². The Morgan fingerprint density at radius 1 is 0.893 bits per heavy atom. The van der Waals surface area contributed by atoms with Crippen molar-refractivity contribution in [3.05, 3.63) is 65.7 Å². The summed E-state index contributed by atoms with van der Waals surface area (Å²) in [5.74, 6) is 3.47. The minimum Gasteiger partial charge on any atom is -0.331 e. The summed E-state index contributed by atoms with van der Waals surface area (Å²) >= 11 is 0. The van der Waals surface area contributed by atoms with E-state index in [0.717, 1.165) is 23.9 Å². The highest BCUT2D eigenvalue weighted by molar-refractivity contribution is 6.32. The second kappa shape index (κ2) is 7.42.